The molecule has 3 rings (SSSR count). The molecule has 146 valence electrons. The van der Waals surface area contributed by atoms with Gasteiger partial charge >= 0.3 is 0 Å². The van der Waals surface area contributed by atoms with Crippen molar-refractivity contribution in [2.24, 2.45) is 0 Å². The van der Waals surface area contributed by atoms with Gasteiger partial charge in [-0.25, -0.2) is 0 Å². The Balaban J connectivity index is 1.65. The minimum atomic E-state index is -0.141. The Labute approximate surface area is 166 Å². The van der Waals surface area contributed by atoms with Gasteiger partial charge in [-0.15, -0.1) is 0 Å². The van der Waals surface area contributed by atoms with Crippen LogP contribution in [0, 0.1) is 0 Å². The van der Waals surface area contributed by atoms with Crippen LogP contribution >= 0.6 is 0 Å². The first kappa shape index (κ1) is 19.9. The van der Waals surface area contributed by atoms with Crippen LogP contribution in [0.2, 0.25) is 0 Å². The third-order valence-electron chi connectivity index (χ3n) is 4.78. The van der Waals surface area contributed by atoms with E-state index in [9.17, 15) is 4.79 Å². The number of nitrogens with one attached hydrogen (secondary N) is 1. The summed E-state index contributed by atoms with van der Waals surface area (Å²) in [5.41, 5.74) is 4.33. The maximum atomic E-state index is 12.3. The van der Waals surface area contributed by atoms with Gasteiger partial charge in [0.15, 0.2) is 0 Å². The number of carbonyl (C=O) groups excluding carboxylic acids is 1. The highest BCUT2D eigenvalue weighted by Crippen LogP contribution is 2.23. The molecule has 0 aliphatic heterocycles. The van der Waals surface area contributed by atoms with E-state index in [0.29, 0.717) is 6.61 Å². The summed E-state index contributed by atoms with van der Waals surface area (Å²) in [4.78, 5) is 12.3. The molecule has 28 heavy (non-hydrogen) atoms. The normalized spacial score (nSPS) is 12.0. The molecule has 0 fully saturated rings. The highest BCUT2D eigenvalue weighted by Gasteiger charge is 2.12. The molecule has 0 radical (unpaired) electrons. The fourth-order valence-electron chi connectivity index (χ4n) is 3.11. The van der Waals surface area contributed by atoms with Gasteiger partial charge in [-0.1, -0.05) is 45.0 Å². The number of hydrogen-bond donors (Lipinski definition) is 1. The fourth-order valence-corrected chi connectivity index (χ4v) is 3.11. The van der Waals surface area contributed by atoms with Crippen LogP contribution in [0.1, 0.15) is 31.9 Å². The lowest BCUT2D eigenvalue weighted by Crippen LogP contribution is -2.10. The molecule has 2 aromatic carbocycles. The van der Waals surface area contributed by atoms with Crippen LogP contribution in [-0.4, -0.2) is 24.2 Å². The molecule has 0 saturated carbocycles. The van der Waals surface area contributed by atoms with Gasteiger partial charge in [0, 0.05) is 42.5 Å². The standard InChI is InChI=1S/C24H28N2O2/c1-24(2,3)20-8-5-18(6-9-20)7-12-23(27)25-21-10-11-22-19(17-21)13-14-26(22)15-16-28-4/h5-14,17H,15-16H2,1-4H3,(H,25,27)/b12-7+. The zero-order valence-electron chi connectivity index (χ0n) is 17.0. The average Bonchev–Trinajstić information content (AvgIpc) is 3.06. The highest BCUT2D eigenvalue weighted by atomic mass is 16.5. The zero-order chi connectivity index (χ0) is 20.1. The lowest BCUT2D eigenvalue weighted by Gasteiger charge is -2.18. The molecule has 0 saturated heterocycles. The molecule has 4 heteroatoms. The molecule has 0 aliphatic carbocycles. The number of anilines is 1. The van der Waals surface area contributed by atoms with E-state index >= 15 is 0 Å². The number of hydrogen-bond acceptors (Lipinski definition) is 2. The first-order valence-electron chi connectivity index (χ1n) is 9.54. The number of fused-ring (bicyclic) bond motifs is 1. The van der Waals surface area contributed by atoms with E-state index in [0.717, 1.165) is 28.7 Å². The van der Waals surface area contributed by atoms with Crippen molar-refractivity contribution < 1.29 is 9.53 Å². The summed E-state index contributed by atoms with van der Waals surface area (Å²) >= 11 is 0. The SMILES string of the molecule is COCCn1ccc2cc(NC(=O)/C=C/c3ccc(C(C)(C)C)cc3)ccc21. The van der Waals surface area contributed by atoms with E-state index in [1.165, 1.54) is 5.56 Å². The van der Waals surface area contributed by atoms with Crippen LogP contribution in [0.5, 0.6) is 0 Å². The summed E-state index contributed by atoms with van der Waals surface area (Å²) in [5.74, 6) is -0.141. The predicted octanol–water partition coefficient (Wildman–Crippen LogP) is 5.24. The van der Waals surface area contributed by atoms with E-state index in [-0.39, 0.29) is 11.3 Å². The lowest BCUT2D eigenvalue weighted by atomic mass is 9.87. The number of ether oxygens (including phenoxy) is 1. The summed E-state index contributed by atoms with van der Waals surface area (Å²) in [5, 5.41) is 4.03. The highest BCUT2D eigenvalue weighted by molar-refractivity contribution is 6.03. The largest absolute Gasteiger partial charge is 0.383 e. The second kappa shape index (κ2) is 8.44. The van der Waals surface area contributed by atoms with Gasteiger partial charge in [0.05, 0.1) is 6.61 Å². The Bertz CT molecular complexity index is 976. The van der Waals surface area contributed by atoms with Crippen LogP contribution in [0.3, 0.4) is 0 Å². The van der Waals surface area contributed by atoms with E-state index < -0.39 is 0 Å². The Kier molecular flexibility index (Phi) is 6.00. The topological polar surface area (TPSA) is 43.3 Å². The minimum absolute atomic E-state index is 0.126. The molecular weight excluding hydrogens is 348 g/mol. The van der Waals surface area contributed by atoms with Crippen molar-refractivity contribution in [2.45, 2.75) is 32.7 Å². The first-order chi connectivity index (χ1) is 13.4. The summed E-state index contributed by atoms with van der Waals surface area (Å²) in [7, 11) is 1.70. The van der Waals surface area contributed by atoms with Crippen molar-refractivity contribution in [2.75, 3.05) is 19.0 Å². The fraction of sp³-hybridized carbons (Fsp3) is 0.292. The lowest BCUT2D eigenvalue weighted by molar-refractivity contribution is -0.111. The van der Waals surface area contributed by atoms with E-state index in [2.05, 4.69) is 42.8 Å². The number of methoxy groups -OCH3 is 1. The molecule has 1 aromatic heterocycles. The number of benzene rings is 2. The summed E-state index contributed by atoms with van der Waals surface area (Å²) < 4.78 is 7.29. The Morgan fingerprint density at radius 3 is 2.54 bits per heavy atom. The molecule has 0 spiro atoms. The number of carbonyl (C=O) groups is 1. The Morgan fingerprint density at radius 1 is 1.11 bits per heavy atom. The maximum Gasteiger partial charge on any atom is 0.248 e. The van der Waals surface area contributed by atoms with Gasteiger partial charge < -0.3 is 14.6 Å². The predicted molar refractivity (Wildman–Crippen MR) is 117 cm³/mol. The smallest absolute Gasteiger partial charge is 0.248 e. The van der Waals surface area contributed by atoms with E-state index in [4.69, 9.17) is 4.74 Å². The van der Waals surface area contributed by atoms with Crippen molar-refractivity contribution in [3.63, 3.8) is 0 Å². The molecule has 0 atom stereocenters. The molecule has 0 bridgehead atoms. The van der Waals surface area contributed by atoms with Crippen LogP contribution < -0.4 is 5.32 Å². The Morgan fingerprint density at radius 2 is 1.86 bits per heavy atom. The van der Waals surface area contributed by atoms with Gasteiger partial charge in [-0.05, 0) is 46.9 Å². The molecule has 3 aromatic rings. The second-order valence-corrected chi connectivity index (χ2v) is 7.97. The van der Waals surface area contributed by atoms with Crippen LogP contribution in [-0.2, 0) is 21.5 Å². The van der Waals surface area contributed by atoms with Crippen molar-refractivity contribution in [1.29, 1.82) is 0 Å². The number of nitrogens with zero attached hydrogens (tertiary/aromatic N) is 1. The number of amides is 1. The van der Waals surface area contributed by atoms with Crippen molar-refractivity contribution >= 4 is 28.6 Å². The maximum absolute atomic E-state index is 12.3. The second-order valence-electron chi connectivity index (χ2n) is 7.97. The van der Waals surface area contributed by atoms with Gasteiger partial charge in [0.2, 0.25) is 5.91 Å². The van der Waals surface area contributed by atoms with E-state index in [1.54, 1.807) is 13.2 Å². The monoisotopic (exact) mass is 376 g/mol. The molecular formula is C24H28N2O2. The Hall–Kier alpha value is -2.85. The summed E-state index contributed by atoms with van der Waals surface area (Å²) in [6, 6.07) is 16.3. The summed E-state index contributed by atoms with van der Waals surface area (Å²) in [6.45, 7) is 8.04. The van der Waals surface area contributed by atoms with Gasteiger partial charge in [-0.2, -0.15) is 0 Å². The zero-order valence-corrected chi connectivity index (χ0v) is 17.0. The molecule has 1 amide bonds. The van der Waals surface area contributed by atoms with Gasteiger partial charge in [0.1, 0.15) is 0 Å². The van der Waals surface area contributed by atoms with Crippen LogP contribution in [0.4, 0.5) is 5.69 Å². The van der Waals surface area contributed by atoms with Crippen molar-refractivity contribution in [3.8, 4) is 0 Å². The molecule has 0 aliphatic rings. The molecule has 0 unspecified atom stereocenters. The molecule has 4 nitrogen and oxygen atoms in total. The molecule has 1 N–H and O–H groups in total. The average molecular weight is 377 g/mol. The van der Waals surface area contributed by atoms with Crippen LogP contribution in [0.25, 0.3) is 17.0 Å². The van der Waals surface area contributed by atoms with E-state index in [1.807, 2.05) is 48.7 Å². The van der Waals surface area contributed by atoms with Gasteiger partial charge in [-0.3, -0.25) is 4.79 Å². The van der Waals surface area contributed by atoms with Crippen LogP contribution in [0.15, 0.2) is 60.8 Å². The van der Waals surface area contributed by atoms with Crippen molar-refractivity contribution in [1.82, 2.24) is 4.57 Å². The first-order valence-corrected chi connectivity index (χ1v) is 9.54. The third kappa shape index (κ3) is 4.90. The number of aromatic nitrogens is 1. The minimum Gasteiger partial charge on any atom is -0.383 e. The quantitative estimate of drug-likeness (QED) is 0.598. The third-order valence-corrected chi connectivity index (χ3v) is 4.78. The molecule has 1 heterocycles. The van der Waals surface area contributed by atoms with Gasteiger partial charge in [0.25, 0.3) is 0 Å². The van der Waals surface area contributed by atoms with Crippen molar-refractivity contribution in [3.05, 3.63) is 71.9 Å². The number of rotatable bonds is 6. The summed E-state index contributed by atoms with van der Waals surface area (Å²) in [6.07, 6.45) is 5.44.